The summed E-state index contributed by atoms with van der Waals surface area (Å²) in [5.74, 6) is 0.873. The molecule has 1 heterocycles. The van der Waals surface area contributed by atoms with Crippen molar-refractivity contribution in [2.75, 3.05) is 13.7 Å². The SMILES string of the molecule is COc1ccccc1COC1CCCCO1. The number of methoxy groups -OCH3 is 1. The minimum absolute atomic E-state index is 0.0429. The van der Waals surface area contributed by atoms with Gasteiger partial charge in [0.15, 0.2) is 6.29 Å². The number of rotatable bonds is 4. The van der Waals surface area contributed by atoms with Gasteiger partial charge in [-0.25, -0.2) is 0 Å². The van der Waals surface area contributed by atoms with Crippen LogP contribution >= 0.6 is 0 Å². The molecule has 1 aliphatic heterocycles. The number of para-hydroxylation sites is 1. The molecule has 0 aromatic heterocycles. The Morgan fingerprint density at radius 2 is 2.19 bits per heavy atom. The van der Waals surface area contributed by atoms with Crippen molar-refractivity contribution in [1.29, 1.82) is 0 Å². The number of hydrogen-bond donors (Lipinski definition) is 0. The summed E-state index contributed by atoms with van der Waals surface area (Å²) in [7, 11) is 1.68. The molecule has 0 radical (unpaired) electrons. The van der Waals surface area contributed by atoms with Crippen LogP contribution in [0.3, 0.4) is 0 Å². The Balaban J connectivity index is 1.88. The van der Waals surface area contributed by atoms with Crippen LogP contribution in [-0.4, -0.2) is 20.0 Å². The lowest BCUT2D eigenvalue weighted by atomic mass is 10.2. The van der Waals surface area contributed by atoms with Gasteiger partial charge in [-0.05, 0) is 25.3 Å². The fraction of sp³-hybridized carbons (Fsp3) is 0.538. The number of hydrogen-bond acceptors (Lipinski definition) is 3. The van der Waals surface area contributed by atoms with Crippen molar-refractivity contribution in [1.82, 2.24) is 0 Å². The first kappa shape index (κ1) is 11.4. The number of ether oxygens (including phenoxy) is 3. The van der Waals surface area contributed by atoms with Gasteiger partial charge in [0.2, 0.25) is 0 Å². The minimum atomic E-state index is -0.0429. The molecule has 1 aliphatic rings. The maximum atomic E-state index is 5.71. The summed E-state index contributed by atoms with van der Waals surface area (Å²) in [5, 5.41) is 0. The average Bonchev–Trinajstić information content (AvgIpc) is 2.38. The van der Waals surface area contributed by atoms with Gasteiger partial charge in [0.1, 0.15) is 5.75 Å². The summed E-state index contributed by atoms with van der Waals surface area (Å²) in [6, 6.07) is 7.91. The fourth-order valence-corrected chi connectivity index (χ4v) is 1.85. The molecule has 3 nitrogen and oxygen atoms in total. The molecule has 1 atom stereocenters. The molecule has 3 heteroatoms. The third-order valence-corrected chi connectivity index (χ3v) is 2.76. The van der Waals surface area contributed by atoms with Crippen molar-refractivity contribution in [3.8, 4) is 5.75 Å². The van der Waals surface area contributed by atoms with E-state index in [-0.39, 0.29) is 6.29 Å². The molecule has 2 rings (SSSR count). The van der Waals surface area contributed by atoms with Crippen LogP contribution in [-0.2, 0) is 16.1 Å². The lowest BCUT2D eigenvalue weighted by molar-refractivity contribution is -0.169. The Morgan fingerprint density at radius 1 is 1.31 bits per heavy atom. The van der Waals surface area contributed by atoms with Gasteiger partial charge in [0.25, 0.3) is 0 Å². The molecule has 0 N–H and O–H groups in total. The second-order valence-corrected chi connectivity index (χ2v) is 3.92. The second-order valence-electron chi connectivity index (χ2n) is 3.92. The van der Waals surface area contributed by atoms with Crippen LogP contribution in [0.5, 0.6) is 5.75 Å². The van der Waals surface area contributed by atoms with Crippen molar-refractivity contribution in [2.45, 2.75) is 32.2 Å². The fourth-order valence-electron chi connectivity index (χ4n) is 1.85. The summed E-state index contributed by atoms with van der Waals surface area (Å²) < 4.78 is 16.5. The van der Waals surface area contributed by atoms with Gasteiger partial charge in [0, 0.05) is 12.2 Å². The quantitative estimate of drug-likeness (QED) is 0.784. The second kappa shape index (κ2) is 5.87. The van der Waals surface area contributed by atoms with Gasteiger partial charge in [-0.3, -0.25) is 0 Å². The van der Waals surface area contributed by atoms with E-state index < -0.39 is 0 Å². The van der Waals surface area contributed by atoms with E-state index in [1.165, 1.54) is 6.42 Å². The molecule has 0 amide bonds. The Kier molecular flexibility index (Phi) is 4.19. The first-order valence-electron chi connectivity index (χ1n) is 5.75. The highest BCUT2D eigenvalue weighted by atomic mass is 16.7. The van der Waals surface area contributed by atoms with Crippen LogP contribution < -0.4 is 4.74 Å². The minimum Gasteiger partial charge on any atom is -0.496 e. The average molecular weight is 222 g/mol. The standard InChI is InChI=1S/C13H18O3/c1-14-12-7-3-2-6-11(12)10-16-13-8-4-5-9-15-13/h2-3,6-7,13H,4-5,8-10H2,1H3. The Bertz CT molecular complexity index is 319. The Morgan fingerprint density at radius 3 is 2.94 bits per heavy atom. The van der Waals surface area contributed by atoms with Gasteiger partial charge in [-0.15, -0.1) is 0 Å². The highest BCUT2D eigenvalue weighted by molar-refractivity contribution is 5.32. The van der Waals surface area contributed by atoms with E-state index in [1.807, 2.05) is 24.3 Å². The van der Waals surface area contributed by atoms with Gasteiger partial charge in [-0.2, -0.15) is 0 Å². The molecule has 0 spiro atoms. The third-order valence-electron chi connectivity index (χ3n) is 2.76. The van der Waals surface area contributed by atoms with E-state index in [0.717, 1.165) is 30.8 Å². The maximum Gasteiger partial charge on any atom is 0.158 e. The zero-order valence-electron chi connectivity index (χ0n) is 9.65. The summed E-state index contributed by atoms with van der Waals surface area (Å²) in [6.45, 7) is 1.37. The molecular weight excluding hydrogens is 204 g/mol. The first-order valence-corrected chi connectivity index (χ1v) is 5.75. The normalized spacial score (nSPS) is 20.7. The molecule has 0 bridgehead atoms. The van der Waals surface area contributed by atoms with Gasteiger partial charge < -0.3 is 14.2 Å². The van der Waals surface area contributed by atoms with Crippen LogP contribution in [0.1, 0.15) is 24.8 Å². The molecule has 88 valence electrons. The molecule has 1 fully saturated rings. The monoisotopic (exact) mass is 222 g/mol. The molecule has 0 aliphatic carbocycles. The van der Waals surface area contributed by atoms with Gasteiger partial charge >= 0.3 is 0 Å². The molecule has 1 saturated heterocycles. The highest BCUT2D eigenvalue weighted by Crippen LogP contribution is 2.21. The summed E-state index contributed by atoms with van der Waals surface area (Å²) in [5.41, 5.74) is 1.07. The first-order chi connectivity index (χ1) is 7.90. The van der Waals surface area contributed by atoms with Crippen molar-refractivity contribution in [2.24, 2.45) is 0 Å². The lowest BCUT2D eigenvalue weighted by Crippen LogP contribution is -2.22. The topological polar surface area (TPSA) is 27.7 Å². The van der Waals surface area contributed by atoms with Crippen LogP contribution in [0, 0.1) is 0 Å². The van der Waals surface area contributed by atoms with E-state index >= 15 is 0 Å². The van der Waals surface area contributed by atoms with Crippen molar-refractivity contribution in [3.05, 3.63) is 29.8 Å². The van der Waals surface area contributed by atoms with E-state index in [1.54, 1.807) is 7.11 Å². The molecule has 1 aromatic rings. The zero-order valence-corrected chi connectivity index (χ0v) is 9.65. The number of benzene rings is 1. The zero-order chi connectivity index (χ0) is 11.2. The predicted molar refractivity (Wildman–Crippen MR) is 61.4 cm³/mol. The van der Waals surface area contributed by atoms with Crippen molar-refractivity contribution >= 4 is 0 Å². The summed E-state index contributed by atoms with van der Waals surface area (Å²) in [6.07, 6.45) is 3.29. The molecule has 1 unspecified atom stereocenters. The highest BCUT2D eigenvalue weighted by Gasteiger charge is 2.14. The van der Waals surface area contributed by atoms with Crippen LogP contribution in [0.25, 0.3) is 0 Å². The van der Waals surface area contributed by atoms with Gasteiger partial charge in [0.05, 0.1) is 13.7 Å². The molecule has 1 aromatic carbocycles. The van der Waals surface area contributed by atoms with Gasteiger partial charge in [-0.1, -0.05) is 18.2 Å². The van der Waals surface area contributed by atoms with E-state index in [9.17, 15) is 0 Å². The maximum absolute atomic E-state index is 5.71. The molecule has 16 heavy (non-hydrogen) atoms. The van der Waals surface area contributed by atoms with Crippen molar-refractivity contribution in [3.63, 3.8) is 0 Å². The molecule has 0 saturated carbocycles. The summed E-state index contributed by atoms with van der Waals surface area (Å²) >= 11 is 0. The smallest absolute Gasteiger partial charge is 0.158 e. The van der Waals surface area contributed by atoms with E-state index in [0.29, 0.717) is 6.61 Å². The van der Waals surface area contributed by atoms with E-state index in [2.05, 4.69) is 0 Å². The Labute approximate surface area is 96.3 Å². The largest absolute Gasteiger partial charge is 0.496 e. The Hall–Kier alpha value is -1.06. The lowest BCUT2D eigenvalue weighted by Gasteiger charge is -2.23. The van der Waals surface area contributed by atoms with Crippen LogP contribution in [0.4, 0.5) is 0 Å². The predicted octanol–water partition coefficient (Wildman–Crippen LogP) is 2.74. The van der Waals surface area contributed by atoms with Crippen LogP contribution in [0.15, 0.2) is 24.3 Å². The van der Waals surface area contributed by atoms with Crippen molar-refractivity contribution < 1.29 is 14.2 Å². The van der Waals surface area contributed by atoms with Crippen LogP contribution in [0.2, 0.25) is 0 Å². The van der Waals surface area contributed by atoms with E-state index in [4.69, 9.17) is 14.2 Å². The summed E-state index contributed by atoms with van der Waals surface area (Å²) in [4.78, 5) is 0. The third kappa shape index (κ3) is 2.97. The molecular formula is C13H18O3.